The van der Waals surface area contributed by atoms with Crippen molar-refractivity contribution >= 4 is 33.6 Å². The summed E-state index contributed by atoms with van der Waals surface area (Å²) in [6.07, 6.45) is 1.39. The van der Waals surface area contributed by atoms with Crippen molar-refractivity contribution in [2.75, 3.05) is 6.79 Å². The van der Waals surface area contributed by atoms with Crippen molar-refractivity contribution in [2.24, 2.45) is 0 Å². The van der Waals surface area contributed by atoms with E-state index in [9.17, 15) is 13.2 Å². The molecular weight excluding hydrogens is 354 g/mol. The van der Waals surface area contributed by atoms with Gasteiger partial charge in [0, 0.05) is 5.56 Å². The molecule has 24 heavy (non-hydrogen) atoms. The molecular formula is C16H12ClNO5S. The van der Waals surface area contributed by atoms with Crippen LogP contribution in [0.15, 0.2) is 47.9 Å². The number of nitrogens with one attached hydrogen (secondary N) is 1. The average molecular weight is 366 g/mol. The van der Waals surface area contributed by atoms with Crippen LogP contribution in [0, 0.1) is 0 Å². The van der Waals surface area contributed by atoms with Gasteiger partial charge in [-0.3, -0.25) is 4.79 Å². The molecule has 0 spiro atoms. The van der Waals surface area contributed by atoms with Gasteiger partial charge in [0.15, 0.2) is 11.5 Å². The maximum atomic E-state index is 12.1. The van der Waals surface area contributed by atoms with Crippen LogP contribution in [-0.2, 0) is 10.0 Å². The molecule has 2 aromatic rings. The van der Waals surface area contributed by atoms with Crippen LogP contribution in [0.1, 0.15) is 15.9 Å². The van der Waals surface area contributed by atoms with Crippen LogP contribution < -0.4 is 14.2 Å². The fraction of sp³-hybridized carbons (Fsp3) is 0.0625. The van der Waals surface area contributed by atoms with Gasteiger partial charge in [0.2, 0.25) is 6.79 Å². The van der Waals surface area contributed by atoms with Crippen LogP contribution in [0.3, 0.4) is 0 Å². The van der Waals surface area contributed by atoms with Gasteiger partial charge in [-0.2, -0.15) is 0 Å². The molecule has 0 radical (unpaired) electrons. The lowest BCUT2D eigenvalue weighted by molar-refractivity contribution is 0.0981. The number of ether oxygens (including phenoxy) is 2. The van der Waals surface area contributed by atoms with Gasteiger partial charge in [0.1, 0.15) is 0 Å². The predicted molar refractivity (Wildman–Crippen MR) is 89.4 cm³/mol. The Morgan fingerprint density at radius 1 is 1.17 bits per heavy atom. The van der Waals surface area contributed by atoms with Crippen molar-refractivity contribution in [3.63, 3.8) is 0 Å². The second kappa shape index (κ2) is 6.54. The Balaban J connectivity index is 1.77. The number of sulfonamides is 1. The average Bonchev–Trinajstić information content (AvgIpc) is 3.03. The van der Waals surface area contributed by atoms with Crippen LogP contribution in [0.4, 0.5) is 0 Å². The van der Waals surface area contributed by atoms with Crippen LogP contribution >= 0.6 is 11.6 Å². The lowest BCUT2D eigenvalue weighted by Crippen LogP contribution is -2.28. The Morgan fingerprint density at radius 2 is 1.92 bits per heavy atom. The second-order valence-corrected chi connectivity index (χ2v) is 6.85. The highest BCUT2D eigenvalue weighted by molar-refractivity contribution is 7.93. The molecule has 2 aromatic carbocycles. The molecule has 1 aliphatic heterocycles. The van der Waals surface area contributed by atoms with E-state index in [0.717, 1.165) is 5.41 Å². The molecule has 1 aliphatic rings. The van der Waals surface area contributed by atoms with Gasteiger partial charge in [0.25, 0.3) is 15.9 Å². The summed E-state index contributed by atoms with van der Waals surface area (Å²) >= 11 is 5.98. The molecule has 124 valence electrons. The first-order valence-corrected chi connectivity index (χ1v) is 8.76. The van der Waals surface area contributed by atoms with Crippen LogP contribution in [0.25, 0.3) is 6.08 Å². The zero-order valence-corrected chi connectivity index (χ0v) is 13.8. The van der Waals surface area contributed by atoms with Crippen molar-refractivity contribution in [2.45, 2.75) is 0 Å². The molecule has 8 heteroatoms. The predicted octanol–water partition coefficient (Wildman–Crippen LogP) is 2.80. The largest absolute Gasteiger partial charge is 0.454 e. The van der Waals surface area contributed by atoms with Gasteiger partial charge in [-0.1, -0.05) is 41.9 Å². The summed E-state index contributed by atoms with van der Waals surface area (Å²) in [5.41, 5.74) is 0.752. The Morgan fingerprint density at radius 3 is 2.67 bits per heavy atom. The van der Waals surface area contributed by atoms with Crippen LogP contribution in [-0.4, -0.2) is 21.1 Å². The summed E-state index contributed by atoms with van der Waals surface area (Å²) in [6.45, 7) is -0.00175. The minimum absolute atomic E-state index is 0.00175. The molecule has 0 unspecified atom stereocenters. The van der Waals surface area contributed by atoms with E-state index in [-0.39, 0.29) is 17.4 Å². The molecule has 1 N–H and O–H groups in total. The lowest BCUT2D eigenvalue weighted by Gasteiger charge is -2.06. The molecule has 0 bridgehead atoms. The summed E-state index contributed by atoms with van der Waals surface area (Å²) in [4.78, 5) is 12.1. The van der Waals surface area contributed by atoms with Crippen molar-refractivity contribution in [3.8, 4) is 11.5 Å². The van der Waals surface area contributed by atoms with E-state index >= 15 is 0 Å². The lowest BCUT2D eigenvalue weighted by atomic mass is 10.2. The first-order valence-electron chi connectivity index (χ1n) is 6.84. The van der Waals surface area contributed by atoms with Gasteiger partial charge >= 0.3 is 0 Å². The SMILES string of the molecule is O=C(NS(=O)(=O)/C=C/c1ccccc1)c1cc(Cl)c2c(c1)OCO2. The number of carbonyl (C=O) groups excluding carboxylic acids is 1. The number of amides is 1. The van der Waals surface area contributed by atoms with Gasteiger partial charge in [-0.05, 0) is 23.8 Å². The molecule has 6 nitrogen and oxygen atoms in total. The molecule has 0 fully saturated rings. The smallest absolute Gasteiger partial charge is 0.265 e. The molecule has 0 aromatic heterocycles. The quantitative estimate of drug-likeness (QED) is 0.901. The maximum absolute atomic E-state index is 12.1. The number of fused-ring (bicyclic) bond motifs is 1. The minimum atomic E-state index is -3.95. The van der Waals surface area contributed by atoms with Crippen molar-refractivity contribution < 1.29 is 22.7 Å². The summed E-state index contributed by atoms with van der Waals surface area (Å²) in [6, 6.07) is 11.5. The Hall–Kier alpha value is -2.51. The monoisotopic (exact) mass is 365 g/mol. The highest BCUT2D eigenvalue weighted by Gasteiger charge is 2.22. The summed E-state index contributed by atoms with van der Waals surface area (Å²) in [5, 5.41) is 1.10. The highest BCUT2D eigenvalue weighted by atomic mass is 35.5. The third-order valence-corrected chi connectivity index (χ3v) is 4.41. The van der Waals surface area contributed by atoms with Gasteiger partial charge in [-0.25, -0.2) is 13.1 Å². The van der Waals surface area contributed by atoms with E-state index in [1.807, 2.05) is 10.8 Å². The van der Waals surface area contributed by atoms with Gasteiger partial charge < -0.3 is 9.47 Å². The number of hydrogen-bond donors (Lipinski definition) is 1. The number of carbonyl (C=O) groups is 1. The Labute approximate surface area is 143 Å². The normalized spacial score (nSPS) is 13.2. The van der Waals surface area contributed by atoms with E-state index < -0.39 is 15.9 Å². The van der Waals surface area contributed by atoms with Gasteiger partial charge in [0.05, 0.1) is 10.4 Å². The number of halogens is 1. The van der Waals surface area contributed by atoms with Crippen molar-refractivity contribution in [3.05, 3.63) is 64.0 Å². The van der Waals surface area contributed by atoms with E-state index in [4.69, 9.17) is 21.1 Å². The third-order valence-electron chi connectivity index (χ3n) is 3.16. The standard InChI is InChI=1S/C16H12ClNO5S/c17-13-8-12(9-14-15(13)23-10-22-14)16(19)18-24(20,21)7-6-11-4-2-1-3-5-11/h1-9H,10H2,(H,18,19)/b7-6+. The van der Waals surface area contributed by atoms with Crippen molar-refractivity contribution in [1.29, 1.82) is 0 Å². The van der Waals surface area contributed by atoms with Crippen LogP contribution in [0.2, 0.25) is 5.02 Å². The van der Waals surface area contributed by atoms with Crippen molar-refractivity contribution in [1.82, 2.24) is 4.72 Å². The third kappa shape index (κ3) is 3.69. The summed E-state index contributed by atoms with van der Waals surface area (Å²) in [5.74, 6) is -0.183. The topological polar surface area (TPSA) is 81.7 Å². The fourth-order valence-electron chi connectivity index (χ4n) is 2.05. The fourth-order valence-corrected chi connectivity index (χ4v) is 3.10. The number of hydrogen-bond acceptors (Lipinski definition) is 5. The Bertz CT molecular complexity index is 910. The maximum Gasteiger partial charge on any atom is 0.265 e. The van der Waals surface area contributed by atoms with E-state index in [1.54, 1.807) is 24.3 Å². The van der Waals surface area contributed by atoms with Gasteiger partial charge in [-0.15, -0.1) is 0 Å². The first kappa shape index (κ1) is 16.4. The molecule has 0 aliphatic carbocycles. The highest BCUT2D eigenvalue weighted by Crippen LogP contribution is 2.39. The molecule has 0 saturated carbocycles. The molecule has 1 amide bonds. The van der Waals surface area contributed by atoms with E-state index in [0.29, 0.717) is 17.1 Å². The minimum Gasteiger partial charge on any atom is -0.454 e. The molecule has 3 rings (SSSR count). The van der Waals surface area contributed by atoms with E-state index in [1.165, 1.54) is 18.2 Å². The molecule has 0 saturated heterocycles. The summed E-state index contributed by atoms with van der Waals surface area (Å²) in [7, 11) is -3.95. The van der Waals surface area contributed by atoms with Crippen LogP contribution in [0.5, 0.6) is 11.5 Å². The summed E-state index contributed by atoms with van der Waals surface area (Å²) < 4.78 is 36.2. The first-order chi connectivity index (χ1) is 11.4. The Kier molecular flexibility index (Phi) is 4.46. The molecule has 1 heterocycles. The zero-order chi connectivity index (χ0) is 17.2. The number of benzene rings is 2. The van der Waals surface area contributed by atoms with E-state index in [2.05, 4.69) is 0 Å². The second-order valence-electron chi connectivity index (χ2n) is 4.88. The molecule has 0 atom stereocenters. The number of rotatable bonds is 4. The zero-order valence-electron chi connectivity index (χ0n) is 12.2.